The van der Waals surface area contributed by atoms with Crippen molar-refractivity contribution in [3.63, 3.8) is 0 Å². The first-order chi connectivity index (χ1) is 13.3. The summed E-state index contributed by atoms with van der Waals surface area (Å²) in [6.07, 6.45) is -3.96. The maximum Gasteiger partial charge on any atom is 0.416 e. The second-order valence-electron chi connectivity index (χ2n) is 6.72. The highest BCUT2D eigenvalue weighted by molar-refractivity contribution is 7.08. The van der Waals surface area contributed by atoms with Crippen molar-refractivity contribution >= 4 is 17.2 Å². The molecule has 1 amide bonds. The standard InChI is InChI=1S/C19H17F3N4OS/c1-11-14(4-3-5-15(11)19(20,21)22)18(27)25-8-6-16-17(12(25)2)23-24-26(16)13-7-9-28-10-13/h3-5,7,9-10,12H,6,8H2,1-2H3/t12-/m0/s1. The van der Waals surface area contributed by atoms with E-state index in [0.29, 0.717) is 18.7 Å². The minimum absolute atomic E-state index is 0.0556. The van der Waals surface area contributed by atoms with Crippen LogP contribution in [0, 0.1) is 6.92 Å². The normalized spacial score (nSPS) is 16.9. The third kappa shape index (κ3) is 2.99. The number of carbonyl (C=O) groups excluding carboxylic acids is 1. The zero-order valence-corrected chi connectivity index (χ0v) is 16.0. The van der Waals surface area contributed by atoms with Crippen molar-refractivity contribution in [2.24, 2.45) is 0 Å². The molecule has 0 saturated heterocycles. The van der Waals surface area contributed by atoms with E-state index in [1.165, 1.54) is 19.1 Å². The van der Waals surface area contributed by atoms with E-state index < -0.39 is 17.6 Å². The van der Waals surface area contributed by atoms with Gasteiger partial charge in [0.1, 0.15) is 5.69 Å². The Balaban J connectivity index is 1.67. The SMILES string of the molecule is Cc1c(C(=O)N2CCc3c(nnn3-c3ccsc3)[C@@H]2C)cccc1C(F)(F)F. The zero-order chi connectivity index (χ0) is 20.1. The van der Waals surface area contributed by atoms with E-state index >= 15 is 0 Å². The summed E-state index contributed by atoms with van der Waals surface area (Å²) in [4.78, 5) is 14.6. The lowest BCUT2D eigenvalue weighted by Crippen LogP contribution is -2.39. The minimum atomic E-state index is -4.50. The molecule has 0 bridgehead atoms. The van der Waals surface area contributed by atoms with Gasteiger partial charge in [0, 0.05) is 23.9 Å². The van der Waals surface area contributed by atoms with Gasteiger partial charge in [0.25, 0.3) is 5.91 Å². The largest absolute Gasteiger partial charge is 0.416 e. The van der Waals surface area contributed by atoms with Crippen molar-refractivity contribution in [1.82, 2.24) is 19.9 Å². The Morgan fingerprint density at radius 3 is 2.75 bits per heavy atom. The monoisotopic (exact) mass is 406 g/mol. The number of halogens is 3. The molecule has 0 N–H and O–H groups in total. The van der Waals surface area contributed by atoms with Crippen molar-refractivity contribution in [1.29, 1.82) is 0 Å². The lowest BCUT2D eigenvalue weighted by Gasteiger charge is -2.33. The van der Waals surface area contributed by atoms with Gasteiger partial charge >= 0.3 is 6.18 Å². The van der Waals surface area contributed by atoms with E-state index in [0.717, 1.165) is 17.4 Å². The van der Waals surface area contributed by atoms with Crippen LogP contribution in [0.3, 0.4) is 0 Å². The van der Waals surface area contributed by atoms with Gasteiger partial charge in [-0.15, -0.1) is 5.10 Å². The first-order valence-electron chi connectivity index (χ1n) is 8.74. The van der Waals surface area contributed by atoms with Gasteiger partial charge in [-0.3, -0.25) is 4.79 Å². The number of carbonyl (C=O) groups is 1. The third-order valence-electron chi connectivity index (χ3n) is 5.13. The molecule has 0 fully saturated rings. The van der Waals surface area contributed by atoms with E-state index in [1.54, 1.807) is 20.9 Å². The summed E-state index contributed by atoms with van der Waals surface area (Å²) >= 11 is 1.55. The van der Waals surface area contributed by atoms with Gasteiger partial charge in [0.05, 0.1) is 23.0 Å². The number of hydrogen-bond donors (Lipinski definition) is 0. The van der Waals surface area contributed by atoms with Crippen molar-refractivity contribution in [3.05, 3.63) is 63.1 Å². The van der Waals surface area contributed by atoms with Crippen LogP contribution >= 0.6 is 11.3 Å². The number of thiophene rings is 1. The molecule has 9 heteroatoms. The predicted molar refractivity (Wildman–Crippen MR) is 98.6 cm³/mol. The number of alkyl halides is 3. The fraction of sp³-hybridized carbons (Fsp3) is 0.316. The molecule has 2 aromatic heterocycles. The number of hydrogen-bond acceptors (Lipinski definition) is 4. The summed E-state index contributed by atoms with van der Waals surface area (Å²) in [5.41, 5.74) is 1.74. The van der Waals surface area contributed by atoms with Crippen LogP contribution < -0.4 is 0 Å². The molecular formula is C19H17F3N4OS. The minimum Gasteiger partial charge on any atom is -0.330 e. The third-order valence-corrected chi connectivity index (χ3v) is 5.80. The van der Waals surface area contributed by atoms with Gasteiger partial charge in [-0.05, 0) is 43.0 Å². The molecule has 0 aliphatic carbocycles. The average molecular weight is 406 g/mol. The molecule has 1 aromatic carbocycles. The van der Waals surface area contributed by atoms with Gasteiger partial charge in [0.15, 0.2) is 0 Å². The Bertz CT molecular complexity index is 1030. The van der Waals surface area contributed by atoms with Crippen LogP contribution in [0.2, 0.25) is 0 Å². The molecule has 0 spiro atoms. The Labute approximate surface area is 163 Å². The Kier molecular flexibility index (Phi) is 4.49. The molecule has 146 valence electrons. The molecule has 0 saturated carbocycles. The summed E-state index contributed by atoms with van der Waals surface area (Å²) in [6.45, 7) is 3.55. The topological polar surface area (TPSA) is 51.0 Å². The van der Waals surface area contributed by atoms with Crippen LogP contribution in [-0.4, -0.2) is 32.3 Å². The summed E-state index contributed by atoms with van der Waals surface area (Å²) in [5.74, 6) is -0.424. The summed E-state index contributed by atoms with van der Waals surface area (Å²) < 4.78 is 41.4. The van der Waals surface area contributed by atoms with Gasteiger partial charge in [-0.2, -0.15) is 24.5 Å². The first kappa shape index (κ1) is 18.7. The number of nitrogens with zero attached hydrogens (tertiary/aromatic N) is 4. The molecule has 1 atom stereocenters. The maximum atomic E-state index is 13.2. The second-order valence-corrected chi connectivity index (χ2v) is 7.50. The van der Waals surface area contributed by atoms with Crippen molar-refractivity contribution in [2.45, 2.75) is 32.5 Å². The van der Waals surface area contributed by atoms with Crippen LogP contribution in [0.4, 0.5) is 13.2 Å². The molecule has 1 aliphatic rings. The van der Waals surface area contributed by atoms with Crippen LogP contribution in [0.1, 0.15) is 45.8 Å². The quantitative estimate of drug-likeness (QED) is 0.633. The average Bonchev–Trinajstić information content (AvgIpc) is 3.30. The van der Waals surface area contributed by atoms with Gasteiger partial charge in [-0.25, -0.2) is 4.68 Å². The van der Waals surface area contributed by atoms with Crippen LogP contribution in [0.15, 0.2) is 35.0 Å². The maximum absolute atomic E-state index is 13.2. The van der Waals surface area contributed by atoms with Crippen molar-refractivity contribution in [3.8, 4) is 5.69 Å². The summed E-state index contributed by atoms with van der Waals surface area (Å²) in [6, 6.07) is 5.27. The number of fused-ring (bicyclic) bond motifs is 1. The summed E-state index contributed by atoms with van der Waals surface area (Å²) in [5, 5.41) is 12.4. The van der Waals surface area contributed by atoms with Gasteiger partial charge in [-0.1, -0.05) is 11.3 Å². The Morgan fingerprint density at radius 1 is 1.29 bits per heavy atom. The fourth-order valence-corrected chi connectivity index (χ4v) is 4.25. The number of rotatable bonds is 2. The molecule has 1 aliphatic heterocycles. The van der Waals surface area contributed by atoms with Crippen LogP contribution in [0.5, 0.6) is 0 Å². The molecule has 3 aromatic rings. The molecule has 28 heavy (non-hydrogen) atoms. The molecule has 3 heterocycles. The predicted octanol–water partition coefficient (Wildman–Crippen LogP) is 4.42. The van der Waals surface area contributed by atoms with Crippen LogP contribution in [-0.2, 0) is 12.6 Å². The lowest BCUT2D eigenvalue weighted by molar-refractivity contribution is -0.138. The van der Waals surface area contributed by atoms with Gasteiger partial charge in [0.2, 0.25) is 0 Å². The Morgan fingerprint density at radius 2 is 2.07 bits per heavy atom. The molecule has 5 nitrogen and oxygen atoms in total. The number of amides is 1. The highest BCUT2D eigenvalue weighted by Gasteiger charge is 2.36. The number of benzene rings is 1. The van der Waals surface area contributed by atoms with E-state index in [1.807, 2.05) is 23.8 Å². The molecule has 0 unspecified atom stereocenters. The zero-order valence-electron chi connectivity index (χ0n) is 15.2. The van der Waals surface area contributed by atoms with Gasteiger partial charge < -0.3 is 4.90 Å². The van der Waals surface area contributed by atoms with E-state index in [9.17, 15) is 18.0 Å². The van der Waals surface area contributed by atoms with Crippen LogP contribution in [0.25, 0.3) is 5.69 Å². The first-order valence-corrected chi connectivity index (χ1v) is 9.68. The second kappa shape index (κ2) is 6.73. The number of aromatic nitrogens is 3. The fourth-order valence-electron chi connectivity index (χ4n) is 3.63. The summed E-state index contributed by atoms with van der Waals surface area (Å²) in [7, 11) is 0. The highest BCUT2D eigenvalue weighted by atomic mass is 32.1. The van der Waals surface area contributed by atoms with E-state index in [-0.39, 0.29) is 17.2 Å². The smallest absolute Gasteiger partial charge is 0.330 e. The van der Waals surface area contributed by atoms with E-state index in [2.05, 4.69) is 10.3 Å². The van der Waals surface area contributed by atoms with Crippen molar-refractivity contribution < 1.29 is 18.0 Å². The highest BCUT2D eigenvalue weighted by Crippen LogP contribution is 2.35. The molecule has 4 rings (SSSR count). The molecular weight excluding hydrogens is 389 g/mol. The molecule has 0 radical (unpaired) electrons. The lowest BCUT2D eigenvalue weighted by atomic mass is 9.98. The van der Waals surface area contributed by atoms with E-state index in [4.69, 9.17) is 0 Å². The van der Waals surface area contributed by atoms with Crippen molar-refractivity contribution in [2.75, 3.05) is 6.54 Å². The Hall–Kier alpha value is -2.68.